The van der Waals surface area contributed by atoms with E-state index in [0.717, 1.165) is 76.8 Å². The van der Waals surface area contributed by atoms with Gasteiger partial charge in [0.05, 0.1) is 16.9 Å². The Hall–Kier alpha value is -3.45. The zero-order valence-electron chi connectivity index (χ0n) is 19.8. The number of rotatable bonds is 4. The van der Waals surface area contributed by atoms with E-state index < -0.39 is 0 Å². The Bertz CT molecular complexity index is 1290. The van der Waals surface area contributed by atoms with Crippen LogP contribution in [0.5, 0.6) is 0 Å². The zero-order chi connectivity index (χ0) is 22.9. The van der Waals surface area contributed by atoms with Gasteiger partial charge < -0.3 is 19.8 Å². The first kappa shape index (κ1) is 21.4. The molecule has 3 aromatic heterocycles. The number of nitrogens with one attached hydrogen (secondary N) is 2. The molecular formula is C26H31N7. The largest absolute Gasteiger partial charge is 0.372 e. The van der Waals surface area contributed by atoms with Gasteiger partial charge in [0.1, 0.15) is 23.0 Å². The summed E-state index contributed by atoms with van der Waals surface area (Å²) in [6.07, 6.45) is 4.07. The molecule has 170 valence electrons. The number of benzene rings is 1. The Morgan fingerprint density at radius 1 is 1.12 bits per heavy atom. The van der Waals surface area contributed by atoms with E-state index in [1.807, 2.05) is 38.5 Å². The average molecular weight is 442 g/mol. The first-order valence-electron chi connectivity index (χ1n) is 11.5. The van der Waals surface area contributed by atoms with Crippen molar-refractivity contribution in [1.29, 1.82) is 0 Å². The van der Waals surface area contributed by atoms with Crippen LogP contribution in [0.3, 0.4) is 0 Å². The summed E-state index contributed by atoms with van der Waals surface area (Å²) in [5, 5.41) is 4.41. The van der Waals surface area contributed by atoms with Crippen molar-refractivity contribution in [3.8, 4) is 22.6 Å². The molecule has 0 unspecified atom stereocenters. The number of pyridine rings is 1. The molecule has 1 aliphatic rings. The predicted molar refractivity (Wildman–Crippen MR) is 135 cm³/mol. The second-order valence-corrected chi connectivity index (χ2v) is 8.79. The highest BCUT2D eigenvalue weighted by Crippen LogP contribution is 2.35. The molecule has 5 rings (SSSR count). The van der Waals surface area contributed by atoms with Gasteiger partial charge in [-0.1, -0.05) is 24.3 Å². The summed E-state index contributed by atoms with van der Waals surface area (Å²) in [7, 11) is 8.04. The van der Waals surface area contributed by atoms with E-state index in [9.17, 15) is 0 Å². The number of aromatic nitrogens is 4. The molecule has 2 N–H and O–H groups in total. The first-order valence-corrected chi connectivity index (χ1v) is 11.5. The maximum absolute atomic E-state index is 5.22. The molecule has 0 radical (unpaired) electrons. The van der Waals surface area contributed by atoms with Crippen molar-refractivity contribution in [3.05, 3.63) is 60.2 Å². The van der Waals surface area contributed by atoms with Crippen LogP contribution >= 0.6 is 0 Å². The van der Waals surface area contributed by atoms with Gasteiger partial charge in [0, 0.05) is 44.2 Å². The van der Waals surface area contributed by atoms with E-state index in [-0.39, 0.29) is 0 Å². The second kappa shape index (κ2) is 8.83. The lowest BCUT2D eigenvalue weighted by molar-refractivity contribution is 0.249. The number of hydrogen-bond acceptors (Lipinski definition) is 4. The van der Waals surface area contributed by atoms with Gasteiger partial charge >= 0.3 is 0 Å². The van der Waals surface area contributed by atoms with E-state index >= 15 is 0 Å². The molecule has 1 saturated heterocycles. The van der Waals surface area contributed by atoms with Crippen molar-refractivity contribution >= 4 is 16.7 Å². The normalized spacial score (nSPS) is 15.9. The minimum Gasteiger partial charge on any atom is -0.372 e. The molecule has 4 aromatic rings. The summed E-state index contributed by atoms with van der Waals surface area (Å²) in [6, 6.07) is 14.5. The molecule has 7 nitrogen and oxygen atoms in total. The number of hydrogen-bond donors (Lipinski definition) is 2. The third-order valence-electron chi connectivity index (χ3n) is 6.75. The van der Waals surface area contributed by atoms with Crippen LogP contribution in [0.4, 0.5) is 0 Å². The van der Waals surface area contributed by atoms with Crippen LogP contribution in [0.15, 0.2) is 53.7 Å². The number of piperidine rings is 1. The lowest BCUT2D eigenvalue weighted by Gasteiger charge is -2.28. The molecule has 0 saturated carbocycles. The van der Waals surface area contributed by atoms with Gasteiger partial charge in [-0.05, 0) is 51.2 Å². The lowest BCUT2D eigenvalue weighted by atomic mass is 9.96. The fraction of sp³-hybridized carbons (Fsp3) is 0.346. The number of likely N-dealkylation sites (tertiary alicyclic amines) is 1. The maximum Gasteiger partial charge on any atom is 0.147 e. The van der Waals surface area contributed by atoms with E-state index in [4.69, 9.17) is 4.98 Å². The SMILES string of the molecule is CN=C(NC)c1c(-c2cc3cccc(-c4ccccn4)c3[nH]2)nc(C2CCN(C)CC2)n1C. The zero-order valence-corrected chi connectivity index (χ0v) is 19.8. The fourth-order valence-corrected chi connectivity index (χ4v) is 4.96. The Balaban J connectivity index is 1.66. The van der Waals surface area contributed by atoms with Crippen LogP contribution in [-0.4, -0.2) is 64.5 Å². The summed E-state index contributed by atoms with van der Waals surface area (Å²) < 4.78 is 2.23. The topological polar surface area (TPSA) is 74.1 Å². The third kappa shape index (κ3) is 3.82. The van der Waals surface area contributed by atoms with Crippen LogP contribution in [-0.2, 0) is 7.05 Å². The van der Waals surface area contributed by atoms with E-state index in [1.54, 1.807) is 0 Å². The Kier molecular flexibility index (Phi) is 5.72. The second-order valence-electron chi connectivity index (χ2n) is 8.79. The molecule has 0 aliphatic carbocycles. The molecule has 1 fully saturated rings. The number of imidazole rings is 1. The fourth-order valence-electron chi connectivity index (χ4n) is 4.96. The average Bonchev–Trinajstić information content (AvgIpc) is 3.43. The standard InChI is InChI=1S/C26H31N7/c1-27-25(28-2)24-23(31-26(33(24)4)17-11-14-32(3)15-12-17)21-16-18-8-7-9-19(22(18)30-21)20-10-5-6-13-29-20/h5-10,13,16-17,30H,11-12,14-15H2,1-4H3,(H,27,28). The van der Waals surface area contributed by atoms with Crippen molar-refractivity contribution in [2.45, 2.75) is 18.8 Å². The smallest absolute Gasteiger partial charge is 0.147 e. The molecule has 0 bridgehead atoms. The first-order chi connectivity index (χ1) is 16.1. The van der Waals surface area contributed by atoms with Crippen LogP contribution in [0.25, 0.3) is 33.5 Å². The highest BCUT2D eigenvalue weighted by Gasteiger charge is 2.28. The van der Waals surface area contributed by atoms with Gasteiger partial charge in [0.25, 0.3) is 0 Å². The molecule has 7 heteroatoms. The van der Waals surface area contributed by atoms with Gasteiger partial charge in [-0.25, -0.2) is 4.98 Å². The van der Waals surface area contributed by atoms with Crippen molar-refractivity contribution in [2.75, 3.05) is 34.2 Å². The number of para-hydroxylation sites is 1. The minimum atomic E-state index is 0.446. The van der Waals surface area contributed by atoms with Crippen LogP contribution < -0.4 is 5.32 Å². The summed E-state index contributed by atoms with van der Waals surface area (Å²) >= 11 is 0. The Morgan fingerprint density at radius 3 is 2.64 bits per heavy atom. The van der Waals surface area contributed by atoms with Crippen molar-refractivity contribution < 1.29 is 0 Å². The molecule has 33 heavy (non-hydrogen) atoms. The Labute approximate surface area is 194 Å². The summed E-state index contributed by atoms with van der Waals surface area (Å²) in [4.78, 5) is 20.4. The molecule has 1 aliphatic heterocycles. The summed E-state index contributed by atoms with van der Waals surface area (Å²) in [6.45, 7) is 2.20. The third-order valence-corrected chi connectivity index (χ3v) is 6.75. The molecule has 4 heterocycles. The molecule has 1 aromatic carbocycles. The van der Waals surface area contributed by atoms with E-state index in [0.29, 0.717) is 5.92 Å². The number of aliphatic imine (C=N–C) groups is 1. The van der Waals surface area contributed by atoms with E-state index in [2.05, 4.69) is 68.1 Å². The van der Waals surface area contributed by atoms with Crippen LogP contribution in [0, 0.1) is 0 Å². The number of nitrogens with zero attached hydrogens (tertiary/aromatic N) is 5. The number of aromatic amines is 1. The van der Waals surface area contributed by atoms with E-state index in [1.165, 1.54) is 0 Å². The molecule has 0 amide bonds. The van der Waals surface area contributed by atoms with Crippen molar-refractivity contribution in [1.82, 2.24) is 29.7 Å². The Morgan fingerprint density at radius 2 is 1.94 bits per heavy atom. The van der Waals surface area contributed by atoms with Gasteiger partial charge in [-0.2, -0.15) is 0 Å². The van der Waals surface area contributed by atoms with Gasteiger partial charge in [0.15, 0.2) is 0 Å². The molecule has 0 spiro atoms. The highest BCUT2D eigenvalue weighted by molar-refractivity contribution is 6.04. The summed E-state index contributed by atoms with van der Waals surface area (Å²) in [5.74, 6) is 2.41. The van der Waals surface area contributed by atoms with Gasteiger partial charge in [-0.15, -0.1) is 0 Å². The highest BCUT2D eigenvalue weighted by atomic mass is 15.1. The predicted octanol–water partition coefficient (Wildman–Crippen LogP) is 4.04. The van der Waals surface area contributed by atoms with Crippen LogP contribution in [0.1, 0.15) is 30.3 Å². The number of fused-ring (bicyclic) bond motifs is 1. The monoisotopic (exact) mass is 441 g/mol. The maximum atomic E-state index is 5.22. The summed E-state index contributed by atoms with van der Waals surface area (Å²) in [5.41, 5.74) is 6.06. The van der Waals surface area contributed by atoms with Crippen molar-refractivity contribution in [3.63, 3.8) is 0 Å². The number of amidine groups is 1. The van der Waals surface area contributed by atoms with Gasteiger partial charge in [-0.3, -0.25) is 9.98 Å². The minimum absolute atomic E-state index is 0.446. The van der Waals surface area contributed by atoms with Crippen molar-refractivity contribution in [2.24, 2.45) is 12.0 Å². The molecular weight excluding hydrogens is 410 g/mol. The van der Waals surface area contributed by atoms with Gasteiger partial charge in [0.2, 0.25) is 0 Å². The lowest BCUT2D eigenvalue weighted by Crippen LogP contribution is -2.30. The number of H-pyrrole nitrogens is 1. The quantitative estimate of drug-likeness (QED) is 0.370. The molecule has 0 atom stereocenters. The van der Waals surface area contributed by atoms with Crippen LogP contribution in [0.2, 0.25) is 0 Å².